The van der Waals surface area contributed by atoms with Gasteiger partial charge in [-0.1, -0.05) is 77.6 Å². The van der Waals surface area contributed by atoms with Crippen molar-refractivity contribution in [3.63, 3.8) is 0 Å². The van der Waals surface area contributed by atoms with Gasteiger partial charge in [0.1, 0.15) is 0 Å². The molecule has 0 aliphatic heterocycles. The largest absolute Gasteiger partial charge is 0.393 e. The van der Waals surface area contributed by atoms with Crippen molar-refractivity contribution >= 4 is 10.1 Å². The Kier molecular flexibility index (Phi) is 14.2. The Balaban J connectivity index is 3.59. The van der Waals surface area contributed by atoms with Crippen LogP contribution in [0.5, 0.6) is 0 Å². The van der Waals surface area contributed by atoms with Crippen LogP contribution in [0.25, 0.3) is 0 Å². The summed E-state index contributed by atoms with van der Waals surface area (Å²) >= 11 is 0. The van der Waals surface area contributed by atoms with E-state index in [-0.39, 0.29) is 0 Å². The van der Waals surface area contributed by atoms with Crippen LogP contribution in [-0.4, -0.2) is 29.4 Å². The number of rotatable bonds is 16. The SMILES string of the molecule is CCCCCCCCCCCCCC(CCC(C)O)S(=O)(=O)O. The predicted octanol–water partition coefficient (Wildman–Crippen LogP) is 5.10. The zero-order valence-corrected chi connectivity index (χ0v) is 16.0. The first-order chi connectivity index (χ1) is 10.9. The highest BCUT2D eigenvalue weighted by Crippen LogP contribution is 2.18. The quantitative estimate of drug-likeness (QED) is 0.300. The Hall–Kier alpha value is -0.130. The van der Waals surface area contributed by atoms with Gasteiger partial charge < -0.3 is 5.11 Å². The van der Waals surface area contributed by atoms with Crippen LogP contribution < -0.4 is 0 Å². The third kappa shape index (κ3) is 15.2. The minimum atomic E-state index is -3.98. The van der Waals surface area contributed by atoms with E-state index in [2.05, 4.69) is 6.92 Å². The van der Waals surface area contributed by atoms with Crippen molar-refractivity contribution in [2.45, 2.75) is 115 Å². The fourth-order valence-corrected chi connectivity index (χ4v) is 3.80. The van der Waals surface area contributed by atoms with E-state index in [9.17, 15) is 18.1 Å². The molecule has 5 heteroatoms. The van der Waals surface area contributed by atoms with Crippen molar-refractivity contribution in [1.29, 1.82) is 0 Å². The fraction of sp³-hybridized carbons (Fsp3) is 1.00. The first-order valence-electron chi connectivity index (χ1n) is 9.52. The van der Waals surface area contributed by atoms with Crippen LogP contribution in [0.3, 0.4) is 0 Å². The summed E-state index contributed by atoms with van der Waals surface area (Å²) in [5.41, 5.74) is 0. The number of aliphatic hydroxyl groups excluding tert-OH is 1. The highest BCUT2D eigenvalue weighted by Gasteiger charge is 2.22. The highest BCUT2D eigenvalue weighted by molar-refractivity contribution is 7.86. The van der Waals surface area contributed by atoms with Gasteiger partial charge in [0.15, 0.2) is 0 Å². The summed E-state index contributed by atoms with van der Waals surface area (Å²) in [6, 6.07) is 0. The number of hydrogen-bond acceptors (Lipinski definition) is 3. The van der Waals surface area contributed by atoms with E-state index >= 15 is 0 Å². The van der Waals surface area contributed by atoms with Crippen molar-refractivity contribution in [2.24, 2.45) is 0 Å². The molecule has 0 spiro atoms. The molecule has 2 unspecified atom stereocenters. The van der Waals surface area contributed by atoms with Crippen LogP contribution in [0.15, 0.2) is 0 Å². The monoisotopic (exact) mass is 350 g/mol. The summed E-state index contributed by atoms with van der Waals surface area (Å²) < 4.78 is 31.9. The Labute approximate surface area is 143 Å². The van der Waals surface area contributed by atoms with Gasteiger partial charge in [-0.15, -0.1) is 0 Å². The molecule has 0 aromatic carbocycles. The average molecular weight is 351 g/mol. The lowest BCUT2D eigenvalue weighted by atomic mass is 10.0. The molecule has 23 heavy (non-hydrogen) atoms. The van der Waals surface area contributed by atoms with Gasteiger partial charge in [-0.2, -0.15) is 8.42 Å². The molecular formula is C18H38O4S. The number of hydrogen-bond donors (Lipinski definition) is 2. The van der Waals surface area contributed by atoms with E-state index in [0.29, 0.717) is 19.3 Å². The summed E-state index contributed by atoms with van der Waals surface area (Å²) in [6.07, 6.45) is 14.2. The molecule has 0 aliphatic carbocycles. The van der Waals surface area contributed by atoms with Gasteiger partial charge in [0, 0.05) is 0 Å². The summed E-state index contributed by atoms with van der Waals surface area (Å²) in [7, 11) is -3.98. The summed E-state index contributed by atoms with van der Waals surface area (Å²) in [5, 5.41) is 8.54. The Bertz CT molecular complexity index is 352. The summed E-state index contributed by atoms with van der Waals surface area (Å²) in [5.74, 6) is 0. The zero-order valence-electron chi connectivity index (χ0n) is 15.2. The topological polar surface area (TPSA) is 74.6 Å². The van der Waals surface area contributed by atoms with E-state index in [0.717, 1.165) is 19.3 Å². The normalized spacial score (nSPS) is 14.8. The smallest absolute Gasteiger partial charge is 0.267 e. The van der Waals surface area contributed by atoms with E-state index in [1.807, 2.05) is 0 Å². The lowest BCUT2D eigenvalue weighted by Crippen LogP contribution is -2.22. The molecule has 0 rings (SSSR count). The van der Waals surface area contributed by atoms with Gasteiger partial charge in [0.05, 0.1) is 11.4 Å². The summed E-state index contributed by atoms with van der Waals surface area (Å²) in [6.45, 7) is 3.88. The molecule has 140 valence electrons. The fourth-order valence-electron chi connectivity index (χ4n) is 2.91. The Morgan fingerprint density at radius 2 is 1.17 bits per heavy atom. The maximum atomic E-state index is 11.3. The number of unbranched alkanes of at least 4 members (excludes halogenated alkanes) is 10. The van der Waals surface area contributed by atoms with Crippen LogP contribution in [0, 0.1) is 0 Å². The van der Waals surface area contributed by atoms with Gasteiger partial charge in [-0.05, 0) is 26.2 Å². The lowest BCUT2D eigenvalue weighted by Gasteiger charge is -2.14. The predicted molar refractivity (Wildman–Crippen MR) is 97.3 cm³/mol. The minimum Gasteiger partial charge on any atom is -0.393 e. The third-order valence-corrected chi connectivity index (χ3v) is 5.77. The molecule has 0 aromatic rings. The van der Waals surface area contributed by atoms with Gasteiger partial charge >= 0.3 is 0 Å². The molecule has 0 radical (unpaired) electrons. The van der Waals surface area contributed by atoms with Gasteiger partial charge in [0.2, 0.25) is 0 Å². The highest BCUT2D eigenvalue weighted by atomic mass is 32.2. The molecule has 0 fully saturated rings. The average Bonchev–Trinajstić information content (AvgIpc) is 2.46. The second kappa shape index (κ2) is 14.2. The maximum Gasteiger partial charge on any atom is 0.267 e. The lowest BCUT2D eigenvalue weighted by molar-refractivity contribution is 0.180. The standard InChI is InChI=1S/C18H38O4S/c1-3-4-5-6-7-8-9-10-11-12-13-14-18(23(20,21)22)16-15-17(2)19/h17-19H,3-16H2,1-2H3,(H,20,21,22). The first-order valence-corrected chi connectivity index (χ1v) is 11.0. The van der Waals surface area contributed by atoms with E-state index in [1.54, 1.807) is 6.92 Å². The van der Waals surface area contributed by atoms with Crippen LogP contribution in [0.4, 0.5) is 0 Å². The van der Waals surface area contributed by atoms with Crippen LogP contribution in [0.2, 0.25) is 0 Å². The molecule has 0 bridgehead atoms. The number of aliphatic hydroxyl groups is 1. The van der Waals surface area contributed by atoms with E-state index in [4.69, 9.17) is 0 Å². The first kappa shape index (κ1) is 22.9. The maximum absolute atomic E-state index is 11.3. The van der Waals surface area contributed by atoms with Crippen molar-refractivity contribution in [1.82, 2.24) is 0 Å². The van der Waals surface area contributed by atoms with Gasteiger partial charge in [-0.25, -0.2) is 0 Å². The zero-order chi connectivity index (χ0) is 17.6. The van der Waals surface area contributed by atoms with Crippen molar-refractivity contribution < 1.29 is 18.1 Å². The minimum absolute atomic E-state index is 0.342. The second-order valence-electron chi connectivity index (χ2n) is 6.89. The van der Waals surface area contributed by atoms with Crippen LogP contribution >= 0.6 is 0 Å². The molecule has 0 amide bonds. The van der Waals surface area contributed by atoms with Crippen molar-refractivity contribution in [3.8, 4) is 0 Å². The van der Waals surface area contributed by atoms with Gasteiger partial charge in [0.25, 0.3) is 10.1 Å². The molecule has 0 saturated heterocycles. The van der Waals surface area contributed by atoms with Gasteiger partial charge in [-0.3, -0.25) is 4.55 Å². The molecule has 0 aromatic heterocycles. The molecule has 0 heterocycles. The summed E-state index contributed by atoms with van der Waals surface area (Å²) in [4.78, 5) is 0. The Morgan fingerprint density at radius 1 is 0.739 bits per heavy atom. The van der Waals surface area contributed by atoms with E-state index < -0.39 is 21.5 Å². The van der Waals surface area contributed by atoms with Crippen LogP contribution in [-0.2, 0) is 10.1 Å². The molecule has 4 nitrogen and oxygen atoms in total. The van der Waals surface area contributed by atoms with Crippen molar-refractivity contribution in [3.05, 3.63) is 0 Å². The molecule has 2 N–H and O–H groups in total. The molecule has 2 atom stereocenters. The molecule has 0 saturated carbocycles. The Morgan fingerprint density at radius 3 is 1.57 bits per heavy atom. The van der Waals surface area contributed by atoms with Crippen molar-refractivity contribution in [2.75, 3.05) is 0 Å². The van der Waals surface area contributed by atoms with Crippen LogP contribution in [0.1, 0.15) is 104 Å². The third-order valence-electron chi connectivity index (χ3n) is 4.46. The second-order valence-corrected chi connectivity index (χ2v) is 8.58. The van der Waals surface area contributed by atoms with E-state index in [1.165, 1.54) is 51.4 Å². The molecular weight excluding hydrogens is 312 g/mol. The molecule has 0 aliphatic rings.